The molecule has 1 unspecified atom stereocenters. The van der Waals surface area contributed by atoms with Crippen LogP contribution in [0, 0.1) is 0 Å². The van der Waals surface area contributed by atoms with Crippen molar-refractivity contribution in [2.24, 2.45) is 16.6 Å². The molecule has 0 fully saturated rings. The topological polar surface area (TPSA) is 123 Å². The summed E-state index contributed by atoms with van der Waals surface area (Å²) in [5, 5.41) is 14.6. The van der Waals surface area contributed by atoms with Gasteiger partial charge in [0.1, 0.15) is 5.75 Å². The van der Waals surface area contributed by atoms with Crippen molar-refractivity contribution in [3.05, 3.63) is 29.3 Å². The normalized spacial score (nSPS) is 13.1. The van der Waals surface area contributed by atoms with Crippen molar-refractivity contribution in [3.63, 3.8) is 0 Å². The van der Waals surface area contributed by atoms with E-state index in [-0.39, 0.29) is 5.84 Å². The van der Waals surface area contributed by atoms with E-state index in [0.29, 0.717) is 17.9 Å². The molecule has 19 heavy (non-hydrogen) atoms. The Bertz CT molecular complexity index is 488. The lowest BCUT2D eigenvalue weighted by Gasteiger charge is -2.12. The molecule has 1 rings (SSSR count). The molecule has 0 aliphatic carbocycles. The molecule has 0 aliphatic rings. The third kappa shape index (κ3) is 3.85. The molecule has 0 radical (unpaired) electrons. The number of oxime groups is 1. The fraction of sp³-hybridized carbons (Fsp3) is 0.333. The van der Waals surface area contributed by atoms with Gasteiger partial charge in [-0.15, -0.1) is 0 Å². The van der Waals surface area contributed by atoms with E-state index in [9.17, 15) is 4.79 Å². The van der Waals surface area contributed by atoms with Gasteiger partial charge in [-0.3, -0.25) is 4.79 Å². The van der Waals surface area contributed by atoms with Crippen LogP contribution >= 0.6 is 0 Å². The number of ether oxygens (including phenoxy) is 1. The first-order valence-corrected chi connectivity index (χ1v) is 5.67. The molecule has 104 valence electrons. The number of nitrogens with zero attached hydrogens (tertiary/aromatic N) is 1. The highest BCUT2D eigenvalue weighted by Crippen LogP contribution is 2.20. The second-order valence-electron chi connectivity index (χ2n) is 4.02. The average Bonchev–Trinajstić information content (AvgIpc) is 2.43. The standard InChI is InChI=1S/C12H18N4O3/c1-7(12(14)17)15-6-8-3-4-9(11(13)16-18)10(5-8)19-2/h3-5,7,15,18H,6H2,1-2H3,(H2,13,16)(H2,14,17). The first kappa shape index (κ1) is 14.8. The van der Waals surface area contributed by atoms with Crippen molar-refractivity contribution in [2.75, 3.05) is 7.11 Å². The monoisotopic (exact) mass is 266 g/mol. The molecule has 0 aromatic heterocycles. The Balaban J connectivity index is 2.86. The zero-order valence-electron chi connectivity index (χ0n) is 10.9. The van der Waals surface area contributed by atoms with E-state index < -0.39 is 11.9 Å². The van der Waals surface area contributed by atoms with E-state index in [0.717, 1.165) is 5.56 Å². The van der Waals surface area contributed by atoms with E-state index in [1.54, 1.807) is 25.1 Å². The molecule has 7 heteroatoms. The molecule has 1 amide bonds. The van der Waals surface area contributed by atoms with Crippen LogP contribution < -0.4 is 21.5 Å². The predicted molar refractivity (Wildman–Crippen MR) is 71.0 cm³/mol. The summed E-state index contributed by atoms with van der Waals surface area (Å²) in [4.78, 5) is 10.9. The maximum absolute atomic E-state index is 10.9. The van der Waals surface area contributed by atoms with Gasteiger partial charge < -0.3 is 26.7 Å². The number of amides is 1. The van der Waals surface area contributed by atoms with Gasteiger partial charge in [-0.1, -0.05) is 11.2 Å². The number of hydrogen-bond donors (Lipinski definition) is 4. The molecule has 0 spiro atoms. The van der Waals surface area contributed by atoms with Gasteiger partial charge in [0.25, 0.3) is 0 Å². The zero-order chi connectivity index (χ0) is 14.4. The fourth-order valence-corrected chi connectivity index (χ4v) is 1.48. The summed E-state index contributed by atoms with van der Waals surface area (Å²) in [6, 6.07) is 4.79. The summed E-state index contributed by atoms with van der Waals surface area (Å²) in [6.07, 6.45) is 0. The van der Waals surface area contributed by atoms with Crippen LogP contribution in [0.3, 0.4) is 0 Å². The van der Waals surface area contributed by atoms with Crippen LogP contribution in [0.5, 0.6) is 5.75 Å². The molecule has 0 aliphatic heterocycles. The third-order valence-electron chi connectivity index (χ3n) is 2.69. The summed E-state index contributed by atoms with van der Waals surface area (Å²) in [5.74, 6) is 0.0448. The maximum Gasteiger partial charge on any atom is 0.234 e. The smallest absolute Gasteiger partial charge is 0.234 e. The van der Waals surface area contributed by atoms with Crippen LogP contribution in [-0.4, -0.2) is 30.1 Å². The van der Waals surface area contributed by atoms with Gasteiger partial charge in [-0.05, 0) is 24.6 Å². The van der Waals surface area contributed by atoms with Crippen LogP contribution in [0.25, 0.3) is 0 Å². The van der Waals surface area contributed by atoms with Crippen LogP contribution in [0.4, 0.5) is 0 Å². The lowest BCUT2D eigenvalue weighted by Crippen LogP contribution is -2.38. The van der Waals surface area contributed by atoms with Crippen molar-refractivity contribution in [3.8, 4) is 5.75 Å². The summed E-state index contributed by atoms with van der Waals surface area (Å²) < 4.78 is 5.17. The van der Waals surface area contributed by atoms with E-state index in [2.05, 4.69) is 10.5 Å². The minimum absolute atomic E-state index is 0.0261. The molecule has 0 saturated carbocycles. The molecular weight excluding hydrogens is 248 g/mol. The number of carbonyl (C=O) groups excluding carboxylic acids is 1. The summed E-state index contributed by atoms with van der Waals surface area (Å²) in [7, 11) is 1.49. The number of benzene rings is 1. The molecular formula is C12H18N4O3. The van der Waals surface area contributed by atoms with Gasteiger partial charge in [-0.25, -0.2) is 0 Å². The molecule has 0 saturated heterocycles. The molecule has 6 N–H and O–H groups in total. The maximum atomic E-state index is 10.9. The molecule has 1 atom stereocenters. The number of nitrogens with one attached hydrogen (secondary N) is 1. The Labute approximate surface area is 111 Å². The van der Waals surface area contributed by atoms with Crippen LogP contribution in [0.1, 0.15) is 18.1 Å². The van der Waals surface area contributed by atoms with Gasteiger partial charge in [0.2, 0.25) is 5.91 Å². The summed E-state index contributed by atoms with van der Waals surface area (Å²) >= 11 is 0. The van der Waals surface area contributed by atoms with Gasteiger partial charge in [0.15, 0.2) is 5.84 Å². The lowest BCUT2D eigenvalue weighted by atomic mass is 10.1. The van der Waals surface area contributed by atoms with Crippen LogP contribution in [-0.2, 0) is 11.3 Å². The SMILES string of the molecule is COc1cc(CNC(C)C(N)=O)ccc1/C(N)=N/O. The van der Waals surface area contributed by atoms with Crippen molar-refractivity contribution in [1.82, 2.24) is 5.32 Å². The lowest BCUT2D eigenvalue weighted by molar-refractivity contribution is -0.119. The number of nitrogens with two attached hydrogens (primary N) is 2. The highest BCUT2D eigenvalue weighted by molar-refractivity contribution is 5.99. The van der Waals surface area contributed by atoms with E-state index in [4.69, 9.17) is 21.4 Å². The average molecular weight is 266 g/mol. The Morgan fingerprint density at radius 2 is 2.21 bits per heavy atom. The van der Waals surface area contributed by atoms with Crippen molar-refractivity contribution in [2.45, 2.75) is 19.5 Å². The van der Waals surface area contributed by atoms with Gasteiger partial charge >= 0.3 is 0 Å². The zero-order valence-corrected chi connectivity index (χ0v) is 10.9. The van der Waals surface area contributed by atoms with Crippen molar-refractivity contribution in [1.29, 1.82) is 0 Å². The minimum Gasteiger partial charge on any atom is -0.496 e. The first-order valence-electron chi connectivity index (χ1n) is 5.67. The van der Waals surface area contributed by atoms with Crippen molar-refractivity contribution < 1.29 is 14.7 Å². The molecule has 1 aromatic carbocycles. The molecule has 7 nitrogen and oxygen atoms in total. The summed E-state index contributed by atoms with van der Waals surface area (Å²) in [6.45, 7) is 2.14. The highest BCUT2D eigenvalue weighted by Gasteiger charge is 2.11. The van der Waals surface area contributed by atoms with Crippen LogP contribution in [0.2, 0.25) is 0 Å². The van der Waals surface area contributed by atoms with Gasteiger partial charge in [-0.2, -0.15) is 0 Å². The Kier molecular flexibility index (Phi) is 5.13. The number of amidine groups is 1. The Morgan fingerprint density at radius 3 is 2.74 bits per heavy atom. The van der Waals surface area contributed by atoms with Crippen LogP contribution in [0.15, 0.2) is 23.4 Å². The number of rotatable bonds is 6. The second kappa shape index (κ2) is 6.60. The predicted octanol–water partition coefficient (Wildman–Crippen LogP) is -0.247. The fourth-order valence-electron chi connectivity index (χ4n) is 1.48. The van der Waals surface area contributed by atoms with Gasteiger partial charge in [0.05, 0.1) is 18.7 Å². The Morgan fingerprint density at radius 1 is 1.53 bits per heavy atom. The first-order chi connectivity index (χ1) is 8.99. The van der Waals surface area contributed by atoms with E-state index in [1.165, 1.54) is 7.11 Å². The molecule has 0 bridgehead atoms. The Hall–Kier alpha value is -2.28. The number of hydrogen-bond acceptors (Lipinski definition) is 5. The molecule has 0 heterocycles. The highest BCUT2D eigenvalue weighted by atomic mass is 16.5. The quantitative estimate of drug-likeness (QED) is 0.245. The molecule has 1 aromatic rings. The number of primary amides is 1. The second-order valence-corrected chi connectivity index (χ2v) is 4.02. The van der Waals surface area contributed by atoms with Crippen molar-refractivity contribution >= 4 is 11.7 Å². The third-order valence-corrected chi connectivity index (χ3v) is 2.69. The van der Waals surface area contributed by atoms with E-state index in [1.807, 2.05) is 0 Å². The number of methoxy groups -OCH3 is 1. The number of carbonyl (C=O) groups is 1. The summed E-state index contributed by atoms with van der Waals surface area (Å²) in [5.41, 5.74) is 12.1. The van der Waals surface area contributed by atoms with Gasteiger partial charge in [0, 0.05) is 6.54 Å². The largest absolute Gasteiger partial charge is 0.496 e. The minimum atomic E-state index is -0.422. The van der Waals surface area contributed by atoms with E-state index >= 15 is 0 Å².